The lowest BCUT2D eigenvalue weighted by molar-refractivity contribution is -0.127. The lowest BCUT2D eigenvalue weighted by Gasteiger charge is -2.32. The summed E-state index contributed by atoms with van der Waals surface area (Å²) in [6.45, 7) is 5.29. The van der Waals surface area contributed by atoms with Gasteiger partial charge < -0.3 is 9.88 Å². The zero-order valence-electron chi connectivity index (χ0n) is 17.6. The molecule has 2 heterocycles. The van der Waals surface area contributed by atoms with Crippen molar-refractivity contribution in [3.63, 3.8) is 0 Å². The lowest BCUT2D eigenvalue weighted by Crippen LogP contribution is -2.45. The molecule has 6 heteroatoms. The van der Waals surface area contributed by atoms with Gasteiger partial charge in [0.15, 0.2) is 0 Å². The number of carbonyl (C=O) groups excluding carboxylic acids is 2. The third kappa shape index (κ3) is 3.95. The molecule has 6 nitrogen and oxygen atoms in total. The summed E-state index contributed by atoms with van der Waals surface area (Å²) in [4.78, 5) is 32.4. The maximum absolute atomic E-state index is 13.2. The van der Waals surface area contributed by atoms with Crippen LogP contribution in [0.1, 0.15) is 38.7 Å². The second-order valence-electron chi connectivity index (χ2n) is 7.85. The Kier molecular flexibility index (Phi) is 5.84. The summed E-state index contributed by atoms with van der Waals surface area (Å²) in [6.07, 6.45) is 3.00. The van der Waals surface area contributed by atoms with Crippen molar-refractivity contribution in [1.29, 1.82) is 0 Å². The number of aryl methyl sites for hydroxylation is 1. The van der Waals surface area contributed by atoms with Crippen molar-refractivity contribution in [3.8, 4) is 0 Å². The Morgan fingerprint density at radius 1 is 1.13 bits per heavy atom. The van der Waals surface area contributed by atoms with Crippen molar-refractivity contribution in [2.24, 2.45) is 5.92 Å². The molecule has 0 fully saturated rings. The van der Waals surface area contributed by atoms with Crippen LogP contribution in [0.3, 0.4) is 0 Å². The van der Waals surface area contributed by atoms with Gasteiger partial charge in [0.1, 0.15) is 0 Å². The molecule has 30 heavy (non-hydrogen) atoms. The van der Waals surface area contributed by atoms with Gasteiger partial charge in [-0.25, -0.2) is 4.98 Å². The van der Waals surface area contributed by atoms with Crippen molar-refractivity contribution < 1.29 is 9.59 Å². The average molecular weight is 405 g/mol. The fraction of sp³-hybridized carbons (Fsp3) is 0.375. The number of amides is 2. The van der Waals surface area contributed by atoms with E-state index < -0.39 is 5.92 Å². The zero-order valence-corrected chi connectivity index (χ0v) is 17.6. The first-order chi connectivity index (χ1) is 14.6. The van der Waals surface area contributed by atoms with Crippen LogP contribution >= 0.6 is 0 Å². The SMILES string of the molecule is CCCCN1C(=O)[C@@H](CC(=O)Nc2ccc(CC)cc2)Cn2c1nc1ccccc12. The van der Waals surface area contributed by atoms with Crippen LogP contribution in [-0.2, 0) is 22.6 Å². The van der Waals surface area contributed by atoms with E-state index in [4.69, 9.17) is 4.98 Å². The Bertz CT molecular complexity index is 1050. The largest absolute Gasteiger partial charge is 0.326 e. The van der Waals surface area contributed by atoms with Gasteiger partial charge in [-0.3, -0.25) is 14.5 Å². The number of rotatable bonds is 7. The Balaban J connectivity index is 1.55. The van der Waals surface area contributed by atoms with Crippen LogP contribution in [0.5, 0.6) is 0 Å². The van der Waals surface area contributed by atoms with Gasteiger partial charge in [0.25, 0.3) is 0 Å². The Morgan fingerprint density at radius 3 is 2.63 bits per heavy atom. The Labute approximate surface area is 176 Å². The molecule has 1 aromatic heterocycles. The van der Waals surface area contributed by atoms with E-state index in [1.807, 2.05) is 48.5 Å². The van der Waals surface area contributed by atoms with Gasteiger partial charge in [0.2, 0.25) is 17.8 Å². The molecule has 1 atom stereocenters. The maximum Gasteiger partial charge on any atom is 0.234 e. The van der Waals surface area contributed by atoms with Gasteiger partial charge in [0, 0.05) is 25.2 Å². The second-order valence-corrected chi connectivity index (χ2v) is 7.85. The number of hydrogen-bond acceptors (Lipinski definition) is 3. The summed E-state index contributed by atoms with van der Waals surface area (Å²) in [5.41, 5.74) is 3.86. The minimum absolute atomic E-state index is 0.0114. The number of fused-ring (bicyclic) bond motifs is 3. The summed E-state index contributed by atoms with van der Waals surface area (Å²) in [6, 6.07) is 15.8. The summed E-state index contributed by atoms with van der Waals surface area (Å²) < 4.78 is 2.08. The molecule has 1 aliphatic rings. The van der Waals surface area contributed by atoms with Gasteiger partial charge in [-0.1, -0.05) is 44.5 Å². The highest BCUT2D eigenvalue weighted by Gasteiger charge is 2.36. The number of nitrogens with zero attached hydrogens (tertiary/aromatic N) is 3. The van der Waals surface area contributed by atoms with Crippen molar-refractivity contribution in [3.05, 3.63) is 54.1 Å². The first kappa shape index (κ1) is 20.1. The van der Waals surface area contributed by atoms with Gasteiger partial charge in [-0.2, -0.15) is 0 Å². The normalized spacial score (nSPS) is 16.0. The molecule has 0 spiro atoms. The first-order valence-electron chi connectivity index (χ1n) is 10.8. The summed E-state index contributed by atoms with van der Waals surface area (Å²) in [5.74, 6) is 0.145. The molecule has 0 unspecified atom stereocenters. The molecule has 0 saturated carbocycles. The van der Waals surface area contributed by atoms with E-state index in [-0.39, 0.29) is 18.2 Å². The van der Waals surface area contributed by atoms with Gasteiger partial charge in [-0.05, 0) is 42.7 Å². The molecule has 0 aliphatic carbocycles. The number of benzene rings is 2. The van der Waals surface area contributed by atoms with Crippen molar-refractivity contribution in [2.75, 3.05) is 16.8 Å². The summed E-state index contributed by atoms with van der Waals surface area (Å²) >= 11 is 0. The molecule has 0 saturated heterocycles. The van der Waals surface area contributed by atoms with Crippen molar-refractivity contribution >= 4 is 34.5 Å². The third-order valence-electron chi connectivity index (χ3n) is 5.71. The minimum Gasteiger partial charge on any atom is -0.326 e. The van der Waals surface area contributed by atoms with Crippen LogP contribution in [0.4, 0.5) is 11.6 Å². The molecule has 3 aromatic rings. The number of aromatic nitrogens is 2. The molecule has 2 amide bonds. The smallest absolute Gasteiger partial charge is 0.234 e. The second kappa shape index (κ2) is 8.69. The third-order valence-corrected chi connectivity index (χ3v) is 5.71. The van der Waals surface area contributed by atoms with Crippen molar-refractivity contribution in [2.45, 2.75) is 46.1 Å². The quantitative estimate of drug-likeness (QED) is 0.635. The molecule has 1 N–H and O–H groups in total. The number of nitrogens with one attached hydrogen (secondary N) is 1. The van der Waals surface area contributed by atoms with Crippen LogP contribution in [0.25, 0.3) is 11.0 Å². The standard InChI is InChI=1S/C24H28N4O2/c1-3-5-14-27-23(30)18(15-22(29)25-19-12-10-17(4-2)11-13-19)16-28-21-9-7-6-8-20(21)26-24(27)28/h6-13,18H,3-5,14-16H2,1-2H3,(H,25,29)/t18-/m0/s1. The Hall–Kier alpha value is -3.15. The fourth-order valence-corrected chi connectivity index (χ4v) is 4.00. The molecular weight excluding hydrogens is 376 g/mol. The van der Waals surface area contributed by atoms with E-state index >= 15 is 0 Å². The summed E-state index contributed by atoms with van der Waals surface area (Å²) in [5, 5.41) is 2.94. The minimum atomic E-state index is -0.401. The monoisotopic (exact) mass is 404 g/mol. The number of imidazole rings is 1. The van der Waals surface area contributed by atoms with Crippen LogP contribution < -0.4 is 10.2 Å². The van der Waals surface area contributed by atoms with E-state index in [0.29, 0.717) is 19.0 Å². The molecule has 156 valence electrons. The number of anilines is 2. The first-order valence-corrected chi connectivity index (χ1v) is 10.8. The molecule has 0 bridgehead atoms. The predicted octanol–water partition coefficient (Wildman–Crippen LogP) is 4.39. The number of hydrogen-bond donors (Lipinski definition) is 1. The van der Waals surface area contributed by atoms with E-state index in [1.165, 1.54) is 5.56 Å². The van der Waals surface area contributed by atoms with Crippen LogP contribution in [0, 0.1) is 5.92 Å². The van der Waals surface area contributed by atoms with Crippen LogP contribution in [0.2, 0.25) is 0 Å². The Morgan fingerprint density at radius 2 is 1.90 bits per heavy atom. The van der Waals surface area contributed by atoms with E-state index in [9.17, 15) is 9.59 Å². The highest BCUT2D eigenvalue weighted by molar-refractivity contribution is 6.01. The van der Waals surface area contributed by atoms with Crippen LogP contribution in [-0.4, -0.2) is 27.9 Å². The van der Waals surface area contributed by atoms with E-state index in [0.717, 1.165) is 36.0 Å². The maximum atomic E-state index is 13.2. The van der Waals surface area contributed by atoms with Crippen molar-refractivity contribution in [1.82, 2.24) is 9.55 Å². The van der Waals surface area contributed by atoms with Gasteiger partial charge in [-0.15, -0.1) is 0 Å². The molecular formula is C24H28N4O2. The molecule has 0 radical (unpaired) electrons. The fourth-order valence-electron chi connectivity index (χ4n) is 4.00. The average Bonchev–Trinajstić information content (AvgIpc) is 3.12. The topological polar surface area (TPSA) is 67.2 Å². The van der Waals surface area contributed by atoms with Gasteiger partial charge in [0.05, 0.1) is 17.0 Å². The zero-order chi connectivity index (χ0) is 21.1. The number of para-hydroxylation sites is 2. The summed E-state index contributed by atoms with van der Waals surface area (Å²) in [7, 11) is 0. The molecule has 2 aromatic carbocycles. The molecule has 1 aliphatic heterocycles. The molecule has 4 rings (SSSR count). The highest BCUT2D eigenvalue weighted by atomic mass is 16.2. The van der Waals surface area contributed by atoms with Gasteiger partial charge >= 0.3 is 0 Å². The lowest BCUT2D eigenvalue weighted by atomic mass is 10.0. The van der Waals surface area contributed by atoms with Crippen LogP contribution in [0.15, 0.2) is 48.5 Å². The van der Waals surface area contributed by atoms with E-state index in [2.05, 4.69) is 23.7 Å². The number of carbonyl (C=O) groups is 2. The number of unbranched alkanes of at least 4 members (excludes halogenated alkanes) is 1. The highest BCUT2D eigenvalue weighted by Crippen LogP contribution is 2.31. The predicted molar refractivity (Wildman–Crippen MR) is 120 cm³/mol. The van der Waals surface area contributed by atoms with E-state index in [1.54, 1.807) is 4.90 Å².